The number of hydrogen-bond acceptors (Lipinski definition) is 5. The number of amides is 1. The number of aromatic nitrogens is 2. The molecule has 1 N–H and O–H groups in total. The van der Waals surface area contributed by atoms with Crippen LogP contribution in [-0.4, -0.2) is 35.1 Å². The fraction of sp³-hybridized carbons (Fsp3) is 0.333. The number of hydrogen-bond donors (Lipinski definition) is 1. The van der Waals surface area contributed by atoms with Crippen molar-refractivity contribution in [3.8, 4) is 17.2 Å². The predicted molar refractivity (Wildman–Crippen MR) is 106 cm³/mol. The zero-order valence-electron chi connectivity index (χ0n) is 16.7. The Kier molecular flexibility index (Phi) is 6.54. The predicted octanol–water partition coefficient (Wildman–Crippen LogP) is 3.60. The summed E-state index contributed by atoms with van der Waals surface area (Å²) in [5.74, 6) is 0.724. The van der Waals surface area contributed by atoms with Gasteiger partial charge in [0.05, 0.1) is 32.1 Å². The minimum Gasteiger partial charge on any atom is -0.490 e. The van der Waals surface area contributed by atoms with Crippen molar-refractivity contribution in [3.63, 3.8) is 0 Å². The summed E-state index contributed by atoms with van der Waals surface area (Å²) < 4.78 is 31.8. The maximum Gasteiger partial charge on any atom is 0.251 e. The van der Waals surface area contributed by atoms with Crippen LogP contribution < -0.4 is 19.5 Å². The van der Waals surface area contributed by atoms with E-state index in [1.54, 1.807) is 28.8 Å². The molecule has 7 nitrogen and oxygen atoms in total. The van der Waals surface area contributed by atoms with Crippen molar-refractivity contribution in [2.75, 3.05) is 19.8 Å². The lowest BCUT2D eigenvalue weighted by Crippen LogP contribution is -2.23. The van der Waals surface area contributed by atoms with Gasteiger partial charge in [-0.15, -0.1) is 0 Å². The van der Waals surface area contributed by atoms with Crippen LogP contribution in [0.15, 0.2) is 36.7 Å². The Morgan fingerprint density at radius 1 is 1.03 bits per heavy atom. The third-order valence-corrected chi connectivity index (χ3v) is 4.07. The van der Waals surface area contributed by atoms with Crippen LogP contribution in [0, 0.1) is 5.82 Å². The molecule has 0 radical (unpaired) electrons. The summed E-state index contributed by atoms with van der Waals surface area (Å²) in [6.07, 6.45) is 3.01. The number of ether oxygens (including phenoxy) is 3. The van der Waals surface area contributed by atoms with E-state index in [2.05, 4.69) is 10.3 Å². The number of nitrogens with one attached hydrogen (secondary N) is 1. The van der Waals surface area contributed by atoms with E-state index in [1.807, 2.05) is 20.8 Å². The van der Waals surface area contributed by atoms with Gasteiger partial charge in [0.1, 0.15) is 11.5 Å². The molecule has 0 atom stereocenters. The molecule has 0 aliphatic carbocycles. The van der Waals surface area contributed by atoms with Gasteiger partial charge >= 0.3 is 0 Å². The molecule has 0 bridgehead atoms. The highest BCUT2D eigenvalue weighted by molar-refractivity contribution is 5.95. The number of benzene rings is 1. The van der Waals surface area contributed by atoms with Crippen molar-refractivity contribution in [2.45, 2.75) is 27.3 Å². The molecule has 0 saturated carbocycles. The Morgan fingerprint density at radius 2 is 1.69 bits per heavy atom. The second-order valence-electron chi connectivity index (χ2n) is 6.13. The van der Waals surface area contributed by atoms with Gasteiger partial charge in [0.2, 0.25) is 5.75 Å². The molecule has 0 fully saturated rings. The number of fused-ring (bicyclic) bond motifs is 1. The van der Waals surface area contributed by atoms with Crippen LogP contribution in [0.5, 0.6) is 17.2 Å². The molecule has 1 amide bonds. The van der Waals surface area contributed by atoms with Crippen molar-refractivity contribution < 1.29 is 23.4 Å². The lowest BCUT2D eigenvalue weighted by atomic mass is 10.1. The molecule has 29 heavy (non-hydrogen) atoms. The molecule has 2 heterocycles. The highest BCUT2D eigenvalue weighted by atomic mass is 19.1. The second-order valence-corrected chi connectivity index (χ2v) is 6.13. The van der Waals surface area contributed by atoms with E-state index in [4.69, 9.17) is 14.2 Å². The van der Waals surface area contributed by atoms with E-state index in [1.165, 1.54) is 12.3 Å². The zero-order valence-corrected chi connectivity index (χ0v) is 16.7. The summed E-state index contributed by atoms with van der Waals surface area (Å²) >= 11 is 0. The minimum atomic E-state index is -0.355. The van der Waals surface area contributed by atoms with Crippen LogP contribution in [0.4, 0.5) is 4.39 Å². The summed E-state index contributed by atoms with van der Waals surface area (Å²) in [4.78, 5) is 17.1. The lowest BCUT2D eigenvalue weighted by molar-refractivity contribution is 0.0949. The summed E-state index contributed by atoms with van der Waals surface area (Å²) in [5, 5.41) is 2.82. The maximum absolute atomic E-state index is 13.3. The van der Waals surface area contributed by atoms with Crippen molar-refractivity contribution in [1.82, 2.24) is 14.7 Å². The second kappa shape index (κ2) is 9.27. The molecule has 154 valence electrons. The molecule has 3 rings (SSSR count). The van der Waals surface area contributed by atoms with E-state index in [-0.39, 0.29) is 18.3 Å². The van der Waals surface area contributed by atoms with Crippen LogP contribution in [0.1, 0.15) is 36.8 Å². The summed E-state index contributed by atoms with van der Waals surface area (Å²) in [5.41, 5.74) is 1.61. The minimum absolute atomic E-state index is 0.198. The standard InChI is InChI=1S/C21H24FN3O4/c1-4-27-17-9-14(10-18(28-5-2)20(17)29-6-3)21(26)23-11-16-13-25-12-15(22)7-8-19(25)24-16/h7-10,12-13H,4-6,11H2,1-3H3,(H,23,26). The topological polar surface area (TPSA) is 74.1 Å². The fourth-order valence-electron chi connectivity index (χ4n) is 2.90. The summed E-state index contributed by atoms with van der Waals surface area (Å²) in [7, 11) is 0. The molecule has 1 aromatic carbocycles. The third kappa shape index (κ3) is 4.77. The summed E-state index contributed by atoms with van der Waals surface area (Å²) in [6, 6.07) is 6.18. The van der Waals surface area contributed by atoms with Gasteiger partial charge in [-0.1, -0.05) is 0 Å². The smallest absolute Gasteiger partial charge is 0.251 e. The first kappa shape index (κ1) is 20.4. The van der Waals surface area contributed by atoms with Gasteiger partial charge < -0.3 is 23.9 Å². The van der Waals surface area contributed by atoms with Crippen LogP contribution in [-0.2, 0) is 6.54 Å². The van der Waals surface area contributed by atoms with E-state index in [9.17, 15) is 9.18 Å². The SMILES string of the molecule is CCOc1cc(C(=O)NCc2cn3cc(F)ccc3n2)cc(OCC)c1OCC. The Morgan fingerprint density at radius 3 is 2.31 bits per heavy atom. The van der Waals surface area contributed by atoms with Gasteiger partial charge in [-0.05, 0) is 45.0 Å². The average Bonchev–Trinajstić information content (AvgIpc) is 3.10. The zero-order chi connectivity index (χ0) is 20.8. The molecule has 0 spiro atoms. The van der Waals surface area contributed by atoms with Gasteiger partial charge in [-0.3, -0.25) is 4.79 Å². The van der Waals surface area contributed by atoms with Crippen molar-refractivity contribution in [2.24, 2.45) is 0 Å². The average molecular weight is 401 g/mol. The van der Waals surface area contributed by atoms with Crippen molar-refractivity contribution in [3.05, 3.63) is 53.7 Å². The molecule has 0 aliphatic rings. The Labute approximate surface area is 168 Å². The maximum atomic E-state index is 13.3. The van der Waals surface area contributed by atoms with Crippen LogP contribution in [0.2, 0.25) is 0 Å². The van der Waals surface area contributed by atoms with E-state index in [0.29, 0.717) is 54.0 Å². The number of carbonyl (C=O) groups excluding carboxylic acids is 1. The number of carbonyl (C=O) groups is 1. The molecular weight excluding hydrogens is 377 g/mol. The first-order chi connectivity index (χ1) is 14.0. The fourth-order valence-corrected chi connectivity index (χ4v) is 2.90. The number of pyridine rings is 1. The Balaban J connectivity index is 1.81. The van der Waals surface area contributed by atoms with Gasteiger partial charge in [0.25, 0.3) is 5.91 Å². The number of nitrogens with zero attached hydrogens (tertiary/aromatic N) is 2. The Bertz CT molecular complexity index is 976. The highest BCUT2D eigenvalue weighted by Crippen LogP contribution is 2.39. The van der Waals surface area contributed by atoms with Crippen LogP contribution in [0.3, 0.4) is 0 Å². The van der Waals surface area contributed by atoms with E-state index < -0.39 is 0 Å². The van der Waals surface area contributed by atoms with Crippen LogP contribution >= 0.6 is 0 Å². The summed E-state index contributed by atoms with van der Waals surface area (Å²) in [6.45, 7) is 7.07. The molecule has 3 aromatic rings. The van der Waals surface area contributed by atoms with Gasteiger partial charge in [0, 0.05) is 18.0 Å². The van der Waals surface area contributed by atoms with Crippen LogP contribution in [0.25, 0.3) is 5.65 Å². The van der Waals surface area contributed by atoms with Crippen molar-refractivity contribution >= 4 is 11.6 Å². The quantitative estimate of drug-likeness (QED) is 0.593. The monoisotopic (exact) mass is 401 g/mol. The number of halogens is 1. The molecule has 8 heteroatoms. The Hall–Kier alpha value is -3.29. The largest absolute Gasteiger partial charge is 0.490 e. The first-order valence-electron chi connectivity index (χ1n) is 9.53. The normalized spacial score (nSPS) is 10.8. The molecule has 0 saturated heterocycles. The number of rotatable bonds is 9. The third-order valence-electron chi connectivity index (χ3n) is 4.07. The molecule has 0 aliphatic heterocycles. The van der Waals surface area contributed by atoms with Crippen molar-refractivity contribution in [1.29, 1.82) is 0 Å². The van der Waals surface area contributed by atoms with E-state index >= 15 is 0 Å². The van der Waals surface area contributed by atoms with Gasteiger partial charge in [-0.25, -0.2) is 9.37 Å². The number of imidazole rings is 1. The lowest BCUT2D eigenvalue weighted by Gasteiger charge is -2.17. The molecule has 0 unspecified atom stereocenters. The van der Waals surface area contributed by atoms with Gasteiger partial charge in [-0.2, -0.15) is 0 Å². The first-order valence-corrected chi connectivity index (χ1v) is 9.53. The molecule has 2 aromatic heterocycles. The highest BCUT2D eigenvalue weighted by Gasteiger charge is 2.18. The van der Waals surface area contributed by atoms with Gasteiger partial charge in [0.15, 0.2) is 11.5 Å². The molecular formula is C21H24FN3O4. The van der Waals surface area contributed by atoms with E-state index in [0.717, 1.165) is 0 Å².